The van der Waals surface area contributed by atoms with E-state index in [-0.39, 0.29) is 71.1 Å². The van der Waals surface area contributed by atoms with E-state index in [0.717, 1.165) is 32.9 Å². The van der Waals surface area contributed by atoms with Crippen LogP contribution in [0.1, 0.15) is 30.4 Å². The van der Waals surface area contributed by atoms with Crippen LogP contribution in [-0.4, -0.2) is 73.5 Å². The van der Waals surface area contributed by atoms with Crippen LogP contribution >= 0.6 is 0 Å². The Balaban J connectivity index is 1.35. The molecule has 1 aliphatic carbocycles. The number of allylic oxidation sites excluding steroid dienone is 2. The summed E-state index contributed by atoms with van der Waals surface area (Å²) in [4.78, 5) is 25.6. The molecule has 1 aliphatic rings. The largest absolute Gasteiger partial charge is 0.492 e. The number of azo groups is 2. The predicted octanol–water partition coefficient (Wildman–Crippen LogP) is 1.40. The number of aryl methyl sites for hydroxylation is 1. The van der Waals surface area contributed by atoms with Gasteiger partial charge in [-0.15, -0.1) is 25.6 Å². The number of aromatic hydroxyl groups is 2. The lowest BCUT2D eigenvalue weighted by Crippen LogP contribution is -2.21. The first kappa shape index (κ1) is 32.6. The van der Waals surface area contributed by atoms with Crippen molar-refractivity contribution in [3.63, 3.8) is 0 Å². The standard InChI is InChI=1S/C25H24N20O4/c26-7-12-9-32-44(24(28)29)20(12)39-36-16-18(38-41-22(16)48)34-14(46)4-5-43-23(49)17(19(42-43)35-15(47)6-11-2-1-3-11)37-40-21-13(8-27)10-33-45(21)25(30)31/h1-2,9-11,49H,3-6H2,(H3,28,29)(H3,30,31)(H,35,42,47)(H3,34,38,41,46,48). The molecule has 0 aromatic carbocycles. The van der Waals surface area contributed by atoms with E-state index in [1.54, 1.807) is 0 Å². The van der Waals surface area contributed by atoms with Gasteiger partial charge in [0, 0.05) is 12.8 Å². The third-order valence-electron chi connectivity index (χ3n) is 6.66. The quantitative estimate of drug-likeness (QED) is 0.0474. The van der Waals surface area contributed by atoms with Gasteiger partial charge >= 0.3 is 0 Å². The zero-order chi connectivity index (χ0) is 35.2. The van der Waals surface area contributed by atoms with Crippen LogP contribution in [0.25, 0.3) is 0 Å². The topological polar surface area (TPSA) is 378 Å². The Hall–Kier alpha value is -7.76. The lowest BCUT2D eigenvalue weighted by Gasteiger charge is -2.16. The average molecular weight is 669 g/mol. The van der Waals surface area contributed by atoms with Crippen LogP contribution in [0.2, 0.25) is 0 Å². The van der Waals surface area contributed by atoms with Crippen molar-refractivity contribution in [2.45, 2.75) is 25.8 Å². The molecule has 4 aromatic rings. The molecule has 24 heteroatoms. The number of carbonyl (C=O) groups excluding carboxylic acids is 2. The summed E-state index contributed by atoms with van der Waals surface area (Å²) in [6.45, 7) is -0.271. The highest BCUT2D eigenvalue weighted by molar-refractivity contribution is 5.94. The number of aromatic amines is 1. The third-order valence-corrected chi connectivity index (χ3v) is 6.66. The Morgan fingerprint density at radius 3 is 2.06 bits per heavy atom. The van der Waals surface area contributed by atoms with Crippen LogP contribution in [-0.2, 0) is 16.1 Å². The summed E-state index contributed by atoms with van der Waals surface area (Å²) < 4.78 is 2.62. The van der Waals surface area contributed by atoms with Gasteiger partial charge in [0.05, 0.1) is 18.9 Å². The molecule has 24 nitrogen and oxygen atoms in total. The summed E-state index contributed by atoms with van der Waals surface area (Å²) in [7, 11) is 0. The van der Waals surface area contributed by atoms with Gasteiger partial charge in [0.15, 0.2) is 34.6 Å². The van der Waals surface area contributed by atoms with E-state index in [2.05, 4.69) is 56.6 Å². The summed E-state index contributed by atoms with van der Waals surface area (Å²) in [5.74, 6) is -4.31. The number of hydrogen-bond donors (Lipinski definition) is 9. The minimum atomic E-state index is -0.695. The summed E-state index contributed by atoms with van der Waals surface area (Å²) in [6, 6.07) is 3.65. The van der Waals surface area contributed by atoms with Gasteiger partial charge in [-0.1, -0.05) is 12.2 Å². The van der Waals surface area contributed by atoms with Gasteiger partial charge in [-0.3, -0.25) is 20.4 Å². The van der Waals surface area contributed by atoms with Crippen LogP contribution in [0.3, 0.4) is 0 Å². The van der Waals surface area contributed by atoms with Crippen LogP contribution in [0, 0.1) is 39.4 Å². The minimum Gasteiger partial charge on any atom is -0.492 e. The highest BCUT2D eigenvalue weighted by Crippen LogP contribution is 2.37. The Kier molecular flexibility index (Phi) is 9.13. The first-order valence-electron chi connectivity index (χ1n) is 13.8. The number of H-pyrrole nitrogens is 1. The number of amides is 2. The number of rotatable bonds is 11. The second-order valence-corrected chi connectivity index (χ2v) is 9.97. The molecule has 0 fully saturated rings. The van der Waals surface area contributed by atoms with Crippen molar-refractivity contribution in [2.24, 2.45) is 37.8 Å². The maximum absolute atomic E-state index is 12.9. The lowest BCUT2D eigenvalue weighted by atomic mass is 9.92. The number of hydrogen-bond acceptors (Lipinski definition) is 16. The van der Waals surface area contributed by atoms with Gasteiger partial charge < -0.3 is 32.3 Å². The van der Waals surface area contributed by atoms with Crippen LogP contribution in [0.4, 0.5) is 34.6 Å². The average Bonchev–Trinajstić information content (AvgIpc) is 3.81. The predicted molar refractivity (Wildman–Crippen MR) is 165 cm³/mol. The molecular formula is C25H24N20O4. The third kappa shape index (κ3) is 6.92. The Labute approximate surface area is 273 Å². The first-order chi connectivity index (χ1) is 23.5. The molecule has 5 rings (SSSR count). The second kappa shape index (κ2) is 13.7. The maximum atomic E-state index is 12.9. The Bertz CT molecular complexity index is 2150. The number of nitrogens with two attached hydrogens (primary N) is 2. The molecule has 11 N–H and O–H groups in total. The minimum absolute atomic E-state index is 0.0307. The van der Waals surface area contributed by atoms with Crippen molar-refractivity contribution in [3.05, 3.63) is 35.7 Å². The van der Waals surface area contributed by atoms with Crippen molar-refractivity contribution in [1.82, 2.24) is 39.5 Å². The zero-order valence-corrected chi connectivity index (χ0v) is 24.9. The van der Waals surface area contributed by atoms with Crippen molar-refractivity contribution < 1.29 is 19.8 Å². The van der Waals surface area contributed by atoms with E-state index < -0.39 is 35.5 Å². The molecular weight excluding hydrogens is 644 g/mol. The van der Waals surface area contributed by atoms with Gasteiger partial charge in [-0.2, -0.15) is 35.2 Å². The van der Waals surface area contributed by atoms with E-state index in [0.29, 0.717) is 0 Å². The van der Waals surface area contributed by atoms with Crippen molar-refractivity contribution >= 4 is 58.4 Å². The second-order valence-electron chi connectivity index (χ2n) is 9.97. The molecule has 0 bridgehead atoms. The first-order valence-corrected chi connectivity index (χ1v) is 13.8. The summed E-state index contributed by atoms with van der Waals surface area (Å²) in [5.41, 5.74) is 10.1. The molecule has 4 aromatic heterocycles. The maximum Gasteiger partial charge on any atom is 0.240 e. The van der Waals surface area contributed by atoms with Gasteiger partial charge in [0.2, 0.25) is 35.5 Å². The molecule has 0 saturated carbocycles. The fourth-order valence-electron chi connectivity index (χ4n) is 4.17. The fourth-order valence-corrected chi connectivity index (χ4v) is 4.17. The summed E-state index contributed by atoms with van der Waals surface area (Å²) in [6.07, 6.45) is 6.52. The van der Waals surface area contributed by atoms with Crippen LogP contribution in [0.15, 0.2) is 45.0 Å². The number of nitrogen functional groups attached to an aromatic ring is 2. The molecule has 0 saturated heterocycles. The van der Waals surface area contributed by atoms with E-state index >= 15 is 0 Å². The van der Waals surface area contributed by atoms with Crippen LogP contribution in [0.5, 0.6) is 11.8 Å². The van der Waals surface area contributed by atoms with E-state index in [1.165, 1.54) is 0 Å². The monoisotopic (exact) mass is 668 g/mol. The normalized spacial score (nSPS) is 13.6. The van der Waals surface area contributed by atoms with E-state index in [9.17, 15) is 30.3 Å². The SMILES string of the molecule is N#Cc1cnn(C(=N)N)c1N=Nc1c(NC(=O)CCn2nc(NC(=O)CC3C=CC3)c(N=Nc3c(C#N)cnn3C(=N)N)c2O)n[nH]c1O. The molecule has 4 heterocycles. The molecule has 1 atom stereocenters. The Morgan fingerprint density at radius 2 is 1.53 bits per heavy atom. The number of aromatic nitrogens is 8. The van der Waals surface area contributed by atoms with Gasteiger partial charge in [0.25, 0.3) is 0 Å². The van der Waals surface area contributed by atoms with E-state index in [1.807, 2.05) is 24.3 Å². The van der Waals surface area contributed by atoms with E-state index in [4.69, 9.17) is 22.3 Å². The molecule has 0 radical (unpaired) electrons. The van der Waals surface area contributed by atoms with Crippen molar-refractivity contribution in [2.75, 3.05) is 10.6 Å². The molecule has 248 valence electrons. The molecule has 2 amide bonds. The number of anilines is 2. The van der Waals surface area contributed by atoms with Crippen molar-refractivity contribution in [1.29, 1.82) is 21.3 Å². The number of nitrogens with one attached hydrogen (secondary N) is 5. The van der Waals surface area contributed by atoms with Crippen LogP contribution < -0.4 is 22.1 Å². The van der Waals surface area contributed by atoms with Gasteiger partial charge in [0.1, 0.15) is 23.3 Å². The molecule has 1 unspecified atom stereocenters. The highest BCUT2D eigenvalue weighted by atomic mass is 16.3. The molecule has 0 spiro atoms. The number of nitriles is 2. The Morgan fingerprint density at radius 1 is 0.959 bits per heavy atom. The number of nitrogens with zero attached hydrogens (tertiary/aromatic N) is 13. The summed E-state index contributed by atoms with van der Waals surface area (Å²) >= 11 is 0. The lowest BCUT2D eigenvalue weighted by molar-refractivity contribution is -0.117. The summed E-state index contributed by atoms with van der Waals surface area (Å²) in [5, 5.41) is 93.3. The number of carbonyl (C=O) groups is 2. The smallest absolute Gasteiger partial charge is 0.240 e. The fraction of sp³-hybridized carbons (Fsp3) is 0.200. The molecule has 0 aliphatic heterocycles. The zero-order valence-electron chi connectivity index (χ0n) is 24.9. The van der Waals surface area contributed by atoms with Gasteiger partial charge in [-0.25, -0.2) is 9.78 Å². The van der Waals surface area contributed by atoms with Gasteiger partial charge in [-0.05, 0) is 12.3 Å². The highest BCUT2D eigenvalue weighted by Gasteiger charge is 2.24. The molecule has 49 heavy (non-hydrogen) atoms. The van der Waals surface area contributed by atoms with Crippen molar-refractivity contribution in [3.8, 4) is 23.9 Å².